The van der Waals surface area contributed by atoms with Crippen LogP contribution in [0.2, 0.25) is 0 Å². The minimum atomic E-state index is -1.15. The van der Waals surface area contributed by atoms with Crippen LogP contribution in [0, 0.1) is 5.82 Å². The lowest BCUT2D eigenvalue weighted by atomic mass is 9.95. The average Bonchev–Trinajstić information content (AvgIpc) is 3.39. The molecule has 1 atom stereocenters. The number of amides is 1. The summed E-state index contributed by atoms with van der Waals surface area (Å²) in [5, 5.41) is 12.9. The third-order valence-electron chi connectivity index (χ3n) is 4.77. The van der Waals surface area contributed by atoms with E-state index in [9.17, 15) is 19.1 Å². The smallest absolute Gasteiger partial charge is 0.301 e. The molecule has 1 fully saturated rings. The molecule has 2 aromatic carbocycles. The Bertz CT molecular complexity index is 1170. The first-order valence-corrected chi connectivity index (χ1v) is 10.2. The van der Waals surface area contributed by atoms with Gasteiger partial charge in [-0.3, -0.25) is 14.5 Å². The molecule has 0 bridgehead atoms. The summed E-state index contributed by atoms with van der Waals surface area (Å²) < 4.78 is 20.2. The van der Waals surface area contributed by atoms with Crippen molar-refractivity contribution in [2.24, 2.45) is 0 Å². The second-order valence-electron chi connectivity index (χ2n) is 6.63. The summed E-state index contributed by atoms with van der Waals surface area (Å²) >= 11 is 1.14. The molecule has 2 heterocycles. The molecule has 0 aliphatic carbocycles. The quantitative estimate of drug-likeness (QED) is 0.267. The number of nitrogens with zero attached hydrogens (tertiary/aromatic N) is 2. The van der Waals surface area contributed by atoms with Crippen LogP contribution in [0.5, 0.6) is 5.75 Å². The van der Waals surface area contributed by atoms with Gasteiger partial charge in [0.2, 0.25) is 0 Å². The molecule has 6 nitrogen and oxygen atoms in total. The Hall–Kier alpha value is -3.78. The van der Waals surface area contributed by atoms with Crippen molar-refractivity contribution in [1.82, 2.24) is 4.98 Å². The van der Waals surface area contributed by atoms with Gasteiger partial charge in [-0.05, 0) is 30.3 Å². The lowest BCUT2D eigenvalue weighted by molar-refractivity contribution is -0.132. The first kappa shape index (κ1) is 20.5. The molecule has 1 saturated heterocycles. The van der Waals surface area contributed by atoms with Crippen LogP contribution < -0.4 is 9.64 Å². The van der Waals surface area contributed by atoms with Crippen LogP contribution in [-0.4, -0.2) is 28.4 Å². The molecule has 8 heteroatoms. The summed E-state index contributed by atoms with van der Waals surface area (Å²) in [5.74, 6) is -2.25. The predicted molar refractivity (Wildman–Crippen MR) is 115 cm³/mol. The summed E-state index contributed by atoms with van der Waals surface area (Å²) in [7, 11) is 0. The molecule has 1 amide bonds. The maximum atomic E-state index is 14.7. The number of aliphatic hydroxyl groups excluding tert-OH is 1. The summed E-state index contributed by atoms with van der Waals surface area (Å²) in [6.45, 7) is 3.90. The van der Waals surface area contributed by atoms with E-state index in [4.69, 9.17) is 4.74 Å². The van der Waals surface area contributed by atoms with Crippen LogP contribution in [-0.2, 0) is 9.59 Å². The van der Waals surface area contributed by atoms with Crippen molar-refractivity contribution >= 4 is 33.9 Å². The lowest BCUT2D eigenvalue weighted by Crippen LogP contribution is -2.29. The SMILES string of the molecule is C=CCOc1ccc(/C(O)=C2\C(=O)C(=O)N(c3nccs3)[C@@H]2c2ccccc2F)cc1. The normalized spacial score (nSPS) is 17.7. The number of anilines is 1. The van der Waals surface area contributed by atoms with Gasteiger partial charge in [0.15, 0.2) is 5.13 Å². The highest BCUT2D eigenvalue weighted by Gasteiger charge is 2.48. The fraction of sp³-hybridized carbons (Fsp3) is 0.0870. The second kappa shape index (κ2) is 8.53. The van der Waals surface area contributed by atoms with E-state index in [0.717, 1.165) is 16.2 Å². The Balaban J connectivity index is 1.85. The molecule has 0 saturated carbocycles. The van der Waals surface area contributed by atoms with Gasteiger partial charge in [-0.15, -0.1) is 11.3 Å². The Morgan fingerprint density at radius 1 is 1.23 bits per heavy atom. The lowest BCUT2D eigenvalue weighted by Gasteiger charge is -2.23. The molecule has 1 N–H and O–H groups in total. The van der Waals surface area contributed by atoms with E-state index < -0.39 is 29.3 Å². The third-order valence-corrected chi connectivity index (χ3v) is 5.54. The van der Waals surface area contributed by atoms with Gasteiger partial charge in [0, 0.05) is 22.7 Å². The summed E-state index contributed by atoms with van der Waals surface area (Å²) in [6, 6.07) is 11.0. The first-order valence-electron chi connectivity index (χ1n) is 9.32. The molecule has 4 rings (SSSR count). The monoisotopic (exact) mass is 436 g/mol. The van der Waals surface area contributed by atoms with Gasteiger partial charge in [-0.1, -0.05) is 30.9 Å². The first-order chi connectivity index (χ1) is 15.0. The van der Waals surface area contributed by atoms with E-state index in [2.05, 4.69) is 11.6 Å². The molecular formula is C23H17FN2O4S. The maximum Gasteiger partial charge on any atom is 0.301 e. The van der Waals surface area contributed by atoms with Crippen molar-refractivity contribution in [3.63, 3.8) is 0 Å². The van der Waals surface area contributed by atoms with Crippen LogP contribution in [0.1, 0.15) is 17.2 Å². The second-order valence-corrected chi connectivity index (χ2v) is 7.50. The standard InChI is InChI=1S/C23H17FN2O4S/c1-2-12-30-15-9-7-14(8-10-15)20(27)18-19(16-5-3-4-6-17(16)24)26(22(29)21(18)28)23-25-11-13-31-23/h2-11,13,19,27H,1,12H2/b20-18+/t19-/m1/s1. The molecule has 1 aliphatic rings. The minimum absolute atomic E-state index is 0.0874. The van der Waals surface area contributed by atoms with Crippen LogP contribution >= 0.6 is 11.3 Å². The molecule has 0 radical (unpaired) electrons. The zero-order valence-corrected chi connectivity index (χ0v) is 17.0. The number of Topliss-reactive ketones (excluding diaryl/α,β-unsaturated/α-hetero) is 1. The molecule has 1 aliphatic heterocycles. The molecule has 1 aromatic heterocycles. The van der Waals surface area contributed by atoms with E-state index in [0.29, 0.717) is 17.9 Å². The molecule has 0 spiro atoms. The molecule has 156 valence electrons. The van der Waals surface area contributed by atoms with E-state index in [-0.39, 0.29) is 16.3 Å². The van der Waals surface area contributed by atoms with Crippen molar-refractivity contribution in [3.8, 4) is 5.75 Å². The number of hydrogen-bond donors (Lipinski definition) is 1. The Morgan fingerprint density at radius 2 is 1.97 bits per heavy atom. The van der Waals surface area contributed by atoms with Crippen LogP contribution in [0.15, 0.2) is 78.3 Å². The van der Waals surface area contributed by atoms with E-state index >= 15 is 0 Å². The fourth-order valence-corrected chi connectivity index (χ4v) is 4.04. The Morgan fingerprint density at radius 3 is 2.61 bits per heavy atom. The molecule has 0 unspecified atom stereocenters. The van der Waals surface area contributed by atoms with Crippen LogP contribution in [0.25, 0.3) is 5.76 Å². The number of halogens is 1. The van der Waals surface area contributed by atoms with E-state index in [1.54, 1.807) is 41.8 Å². The van der Waals surface area contributed by atoms with E-state index in [1.165, 1.54) is 24.4 Å². The molecular weight excluding hydrogens is 419 g/mol. The number of benzene rings is 2. The zero-order valence-electron chi connectivity index (χ0n) is 16.2. The number of carbonyl (C=O) groups excluding carboxylic acids is 2. The van der Waals surface area contributed by atoms with Crippen molar-refractivity contribution in [2.45, 2.75) is 6.04 Å². The zero-order chi connectivity index (χ0) is 22.0. The average molecular weight is 436 g/mol. The molecule has 3 aromatic rings. The number of rotatable bonds is 6. The number of ether oxygens (including phenoxy) is 1. The van der Waals surface area contributed by atoms with Crippen LogP contribution in [0.4, 0.5) is 9.52 Å². The van der Waals surface area contributed by atoms with Crippen molar-refractivity contribution < 1.29 is 23.8 Å². The third kappa shape index (κ3) is 3.73. The Kier molecular flexibility index (Phi) is 5.64. The van der Waals surface area contributed by atoms with E-state index in [1.807, 2.05) is 0 Å². The topological polar surface area (TPSA) is 79.7 Å². The van der Waals surface area contributed by atoms with Crippen LogP contribution in [0.3, 0.4) is 0 Å². The predicted octanol–water partition coefficient (Wildman–Crippen LogP) is 4.47. The highest BCUT2D eigenvalue weighted by Crippen LogP contribution is 2.43. The highest BCUT2D eigenvalue weighted by atomic mass is 32.1. The van der Waals surface area contributed by atoms with Crippen molar-refractivity contribution in [1.29, 1.82) is 0 Å². The van der Waals surface area contributed by atoms with Gasteiger partial charge in [-0.2, -0.15) is 0 Å². The number of ketones is 1. The molecule has 31 heavy (non-hydrogen) atoms. The number of aromatic nitrogens is 1. The van der Waals surface area contributed by atoms with Gasteiger partial charge in [-0.25, -0.2) is 9.37 Å². The number of carbonyl (C=O) groups is 2. The number of thiazole rings is 1. The van der Waals surface area contributed by atoms with Gasteiger partial charge in [0.05, 0.1) is 5.57 Å². The fourth-order valence-electron chi connectivity index (χ4n) is 3.38. The van der Waals surface area contributed by atoms with Gasteiger partial charge < -0.3 is 9.84 Å². The van der Waals surface area contributed by atoms with Gasteiger partial charge >= 0.3 is 5.91 Å². The summed E-state index contributed by atoms with van der Waals surface area (Å²) in [6.07, 6.45) is 3.09. The van der Waals surface area contributed by atoms with Crippen molar-refractivity contribution in [2.75, 3.05) is 11.5 Å². The van der Waals surface area contributed by atoms with Gasteiger partial charge in [0.1, 0.15) is 30.0 Å². The minimum Gasteiger partial charge on any atom is -0.507 e. The summed E-state index contributed by atoms with van der Waals surface area (Å²) in [4.78, 5) is 31.0. The Labute approximate surface area is 181 Å². The number of hydrogen-bond acceptors (Lipinski definition) is 6. The van der Waals surface area contributed by atoms with Crippen molar-refractivity contribution in [3.05, 3.63) is 95.3 Å². The van der Waals surface area contributed by atoms with Gasteiger partial charge in [0.25, 0.3) is 5.78 Å². The number of aliphatic hydroxyl groups is 1. The largest absolute Gasteiger partial charge is 0.507 e. The maximum absolute atomic E-state index is 14.7. The summed E-state index contributed by atoms with van der Waals surface area (Å²) in [5.41, 5.74) is 0.180. The highest BCUT2D eigenvalue weighted by molar-refractivity contribution is 7.14.